The first-order valence-corrected chi connectivity index (χ1v) is 7.78. The van der Waals surface area contributed by atoms with Gasteiger partial charge in [-0.05, 0) is 32.0 Å². The smallest absolute Gasteiger partial charge is 0.255 e. The number of carbonyl (C=O) groups excluding carboxylic acids is 1. The van der Waals surface area contributed by atoms with Crippen molar-refractivity contribution in [1.82, 2.24) is 5.32 Å². The summed E-state index contributed by atoms with van der Waals surface area (Å²) in [6.45, 7) is 2.99. The lowest BCUT2D eigenvalue weighted by Gasteiger charge is -2.22. The lowest BCUT2D eigenvalue weighted by Crippen LogP contribution is -2.43. The number of rotatable bonds is 4. The van der Waals surface area contributed by atoms with Crippen molar-refractivity contribution >= 4 is 27.3 Å². The van der Waals surface area contributed by atoms with Crippen LogP contribution in [0.1, 0.15) is 24.2 Å². The number of nitrogens with one attached hydrogen (secondary N) is 1. The van der Waals surface area contributed by atoms with Crippen LogP contribution in [0, 0.1) is 0 Å². The second kappa shape index (κ2) is 5.38. The van der Waals surface area contributed by atoms with Gasteiger partial charge < -0.3 is 10.4 Å². The minimum atomic E-state index is -3.30. The van der Waals surface area contributed by atoms with Crippen molar-refractivity contribution in [1.29, 1.82) is 0 Å². The molecule has 0 spiro atoms. The monoisotopic (exact) mass is 305 g/mol. The minimum Gasteiger partial charge on any atom is -0.507 e. The van der Waals surface area contributed by atoms with Crippen molar-refractivity contribution in [2.75, 3.05) is 12.8 Å². The topological polar surface area (TPSA) is 83.5 Å². The van der Waals surface area contributed by atoms with Gasteiger partial charge in [0, 0.05) is 17.8 Å². The predicted molar refractivity (Wildman–Crippen MR) is 74.4 cm³/mol. The Balaban J connectivity index is 2.82. The van der Waals surface area contributed by atoms with Crippen LogP contribution >= 0.6 is 11.6 Å². The Morgan fingerprint density at radius 3 is 2.47 bits per heavy atom. The van der Waals surface area contributed by atoms with Gasteiger partial charge in [0.2, 0.25) is 0 Å². The number of benzene rings is 1. The lowest BCUT2D eigenvalue weighted by atomic mass is 10.1. The Labute approximate surface area is 117 Å². The summed E-state index contributed by atoms with van der Waals surface area (Å²) in [4.78, 5) is 11.8. The molecular formula is C12H16ClNO4S. The number of amides is 1. The quantitative estimate of drug-likeness (QED) is 0.885. The molecular weight excluding hydrogens is 290 g/mol. The molecule has 0 heterocycles. The van der Waals surface area contributed by atoms with Gasteiger partial charge in [0.05, 0.1) is 10.3 Å². The maximum atomic E-state index is 11.8. The molecule has 0 aliphatic heterocycles. The van der Waals surface area contributed by atoms with Gasteiger partial charge in [-0.2, -0.15) is 0 Å². The van der Waals surface area contributed by atoms with Crippen molar-refractivity contribution in [3.05, 3.63) is 28.8 Å². The number of phenolic OH excluding ortho intramolecular Hbond substituents is 1. The normalized spacial score (nSPS) is 12.2. The summed E-state index contributed by atoms with van der Waals surface area (Å²) in [5.41, 5.74) is 0.0497. The second-order valence-electron chi connectivity index (χ2n) is 4.88. The molecule has 0 radical (unpaired) electrons. The van der Waals surface area contributed by atoms with E-state index in [1.807, 2.05) is 0 Å². The number of hydrogen-bond acceptors (Lipinski definition) is 4. The third kappa shape index (κ3) is 3.84. The average molecular weight is 306 g/mol. The predicted octanol–water partition coefficient (Wildman–Crippen LogP) is 1.60. The SMILES string of the molecule is CC(C)(CNC(=O)c1ccc(Cl)cc1O)S(C)(=O)=O. The summed E-state index contributed by atoms with van der Waals surface area (Å²) in [5, 5.41) is 12.4. The van der Waals surface area contributed by atoms with Crippen LogP contribution in [-0.4, -0.2) is 37.0 Å². The minimum absolute atomic E-state index is 0.0489. The molecule has 106 valence electrons. The van der Waals surface area contributed by atoms with Gasteiger partial charge in [0.1, 0.15) is 5.75 Å². The molecule has 0 fully saturated rings. The number of aromatic hydroxyl groups is 1. The maximum absolute atomic E-state index is 11.8. The molecule has 0 saturated carbocycles. The van der Waals surface area contributed by atoms with E-state index in [-0.39, 0.29) is 17.9 Å². The van der Waals surface area contributed by atoms with E-state index in [0.717, 1.165) is 6.26 Å². The molecule has 0 atom stereocenters. The van der Waals surface area contributed by atoms with Crippen LogP contribution in [0.25, 0.3) is 0 Å². The molecule has 0 aliphatic carbocycles. The third-order valence-electron chi connectivity index (χ3n) is 2.88. The first-order valence-electron chi connectivity index (χ1n) is 5.51. The van der Waals surface area contributed by atoms with Gasteiger partial charge in [-0.3, -0.25) is 4.79 Å². The van der Waals surface area contributed by atoms with E-state index in [1.54, 1.807) is 0 Å². The van der Waals surface area contributed by atoms with Crippen LogP contribution in [0.15, 0.2) is 18.2 Å². The van der Waals surface area contributed by atoms with Crippen LogP contribution in [-0.2, 0) is 9.84 Å². The number of hydrogen-bond donors (Lipinski definition) is 2. The van der Waals surface area contributed by atoms with Gasteiger partial charge in [0.25, 0.3) is 5.91 Å². The lowest BCUT2D eigenvalue weighted by molar-refractivity contribution is 0.0948. The first-order chi connectivity index (χ1) is 8.54. The van der Waals surface area contributed by atoms with Gasteiger partial charge in [0.15, 0.2) is 9.84 Å². The zero-order valence-corrected chi connectivity index (χ0v) is 12.5. The fourth-order valence-corrected chi connectivity index (χ4v) is 1.72. The van der Waals surface area contributed by atoms with Crippen molar-refractivity contribution < 1.29 is 18.3 Å². The number of carbonyl (C=O) groups is 1. The molecule has 1 aromatic carbocycles. The number of halogens is 1. The summed E-state index contributed by atoms with van der Waals surface area (Å²) in [6.07, 6.45) is 1.11. The van der Waals surface area contributed by atoms with Gasteiger partial charge in [-0.25, -0.2) is 8.42 Å². The average Bonchev–Trinajstić information content (AvgIpc) is 2.24. The Kier molecular flexibility index (Phi) is 4.47. The van der Waals surface area contributed by atoms with Crippen LogP contribution in [0.2, 0.25) is 5.02 Å². The molecule has 0 aromatic heterocycles. The van der Waals surface area contributed by atoms with E-state index in [0.29, 0.717) is 5.02 Å². The summed E-state index contributed by atoms with van der Waals surface area (Å²) >= 11 is 5.66. The molecule has 0 saturated heterocycles. The van der Waals surface area contributed by atoms with Crippen molar-refractivity contribution in [3.8, 4) is 5.75 Å². The Hall–Kier alpha value is -1.27. The molecule has 19 heavy (non-hydrogen) atoms. The first kappa shape index (κ1) is 15.8. The number of phenols is 1. The molecule has 0 bridgehead atoms. The van der Waals surface area contributed by atoms with E-state index in [1.165, 1.54) is 32.0 Å². The van der Waals surface area contributed by atoms with Crippen molar-refractivity contribution in [3.63, 3.8) is 0 Å². The van der Waals surface area contributed by atoms with Gasteiger partial charge in [-0.1, -0.05) is 11.6 Å². The van der Waals surface area contributed by atoms with Crippen LogP contribution < -0.4 is 5.32 Å². The zero-order valence-electron chi connectivity index (χ0n) is 10.9. The number of sulfone groups is 1. The molecule has 2 N–H and O–H groups in total. The highest BCUT2D eigenvalue weighted by Crippen LogP contribution is 2.22. The van der Waals surface area contributed by atoms with E-state index < -0.39 is 20.5 Å². The Morgan fingerprint density at radius 2 is 2.00 bits per heavy atom. The summed E-state index contributed by atoms with van der Waals surface area (Å²) in [5.74, 6) is -0.798. The molecule has 0 aliphatic rings. The van der Waals surface area contributed by atoms with Crippen LogP contribution in [0.4, 0.5) is 0 Å². The molecule has 1 amide bonds. The summed E-state index contributed by atoms with van der Waals surface area (Å²) < 4.78 is 21.9. The highest BCUT2D eigenvalue weighted by Gasteiger charge is 2.30. The van der Waals surface area contributed by atoms with E-state index in [9.17, 15) is 18.3 Å². The van der Waals surface area contributed by atoms with E-state index in [2.05, 4.69) is 5.32 Å². The standard InChI is InChI=1S/C12H16ClNO4S/c1-12(2,19(3,17)18)7-14-11(16)9-5-4-8(13)6-10(9)15/h4-6,15H,7H2,1-3H3,(H,14,16). The maximum Gasteiger partial charge on any atom is 0.255 e. The Bertz CT molecular complexity index is 596. The Morgan fingerprint density at radius 1 is 1.42 bits per heavy atom. The van der Waals surface area contributed by atoms with Crippen LogP contribution in [0.5, 0.6) is 5.75 Å². The summed E-state index contributed by atoms with van der Waals surface area (Å²) in [7, 11) is -3.30. The highest BCUT2D eigenvalue weighted by atomic mass is 35.5. The zero-order chi connectivity index (χ0) is 14.8. The highest BCUT2D eigenvalue weighted by molar-refractivity contribution is 7.92. The van der Waals surface area contributed by atoms with Crippen molar-refractivity contribution in [2.45, 2.75) is 18.6 Å². The second-order valence-corrected chi connectivity index (χ2v) is 7.96. The fraction of sp³-hybridized carbons (Fsp3) is 0.417. The van der Waals surface area contributed by atoms with Crippen LogP contribution in [0.3, 0.4) is 0 Å². The van der Waals surface area contributed by atoms with E-state index in [4.69, 9.17) is 11.6 Å². The summed E-state index contributed by atoms with van der Waals surface area (Å²) in [6, 6.07) is 4.09. The molecule has 0 unspecified atom stereocenters. The fourth-order valence-electron chi connectivity index (χ4n) is 1.22. The largest absolute Gasteiger partial charge is 0.507 e. The third-order valence-corrected chi connectivity index (χ3v) is 5.27. The van der Waals surface area contributed by atoms with Gasteiger partial charge in [-0.15, -0.1) is 0 Å². The molecule has 1 rings (SSSR count). The van der Waals surface area contributed by atoms with Crippen molar-refractivity contribution in [2.24, 2.45) is 0 Å². The molecule has 1 aromatic rings. The molecule has 5 nitrogen and oxygen atoms in total. The molecule has 7 heteroatoms. The van der Waals surface area contributed by atoms with E-state index >= 15 is 0 Å². The van der Waals surface area contributed by atoms with Gasteiger partial charge >= 0.3 is 0 Å².